The fourth-order valence-electron chi connectivity index (χ4n) is 2.50. The number of rotatable bonds is 4. The van der Waals surface area contributed by atoms with E-state index in [1.807, 2.05) is 17.7 Å². The Balaban J connectivity index is 1.86. The van der Waals surface area contributed by atoms with Crippen molar-refractivity contribution in [3.8, 4) is 0 Å². The third-order valence-electron chi connectivity index (χ3n) is 4.04. The van der Waals surface area contributed by atoms with Crippen LogP contribution in [0.1, 0.15) is 26.7 Å². The van der Waals surface area contributed by atoms with Gasteiger partial charge in [0.1, 0.15) is 0 Å². The molecule has 0 unspecified atom stereocenters. The Morgan fingerprint density at radius 3 is 2.80 bits per heavy atom. The summed E-state index contributed by atoms with van der Waals surface area (Å²) in [5.74, 6) is 0.116. The molecule has 1 aromatic heterocycles. The number of aryl methyl sites for hydroxylation is 1. The van der Waals surface area contributed by atoms with Crippen molar-refractivity contribution in [2.75, 3.05) is 12.3 Å². The first-order chi connectivity index (χ1) is 9.42. The number of amides is 1. The monoisotopic (exact) mass is 299 g/mol. The summed E-state index contributed by atoms with van der Waals surface area (Å²) in [6, 6.07) is -0.241. The lowest BCUT2D eigenvalue weighted by Crippen LogP contribution is -2.54. The normalized spacial score (nSPS) is 25.6. The lowest BCUT2D eigenvalue weighted by molar-refractivity contribution is -0.133. The van der Waals surface area contributed by atoms with Gasteiger partial charge < -0.3 is 9.47 Å². The van der Waals surface area contributed by atoms with Gasteiger partial charge in [0, 0.05) is 37.9 Å². The lowest BCUT2D eigenvalue weighted by atomic mass is 10.1. The van der Waals surface area contributed by atoms with Gasteiger partial charge in [-0.2, -0.15) is 0 Å². The van der Waals surface area contributed by atoms with E-state index in [0.717, 1.165) is 13.0 Å². The van der Waals surface area contributed by atoms with Gasteiger partial charge in [-0.15, -0.1) is 0 Å². The maximum Gasteiger partial charge on any atom is 0.222 e. The summed E-state index contributed by atoms with van der Waals surface area (Å²) in [6.07, 6.45) is 6.47. The van der Waals surface area contributed by atoms with Crippen molar-refractivity contribution < 1.29 is 13.2 Å². The van der Waals surface area contributed by atoms with Crippen LogP contribution in [-0.2, 0) is 21.2 Å². The van der Waals surface area contributed by atoms with Gasteiger partial charge in [-0.25, -0.2) is 13.4 Å². The molecule has 0 saturated carbocycles. The quantitative estimate of drug-likeness (QED) is 0.820. The number of carbonyl (C=O) groups excluding carboxylic acids is 1. The molecule has 0 radical (unpaired) electrons. The maximum atomic E-state index is 12.2. The minimum absolute atomic E-state index is 0.0411. The topological polar surface area (TPSA) is 72.3 Å². The summed E-state index contributed by atoms with van der Waals surface area (Å²) in [5, 5.41) is -0.478. The Kier molecular flexibility index (Phi) is 4.47. The molecule has 2 rings (SSSR count). The summed E-state index contributed by atoms with van der Waals surface area (Å²) in [7, 11) is -3.04. The van der Waals surface area contributed by atoms with E-state index in [0.29, 0.717) is 13.0 Å². The molecule has 2 atom stereocenters. The first-order valence-corrected chi connectivity index (χ1v) is 8.60. The molecule has 1 amide bonds. The van der Waals surface area contributed by atoms with Crippen LogP contribution in [0.3, 0.4) is 0 Å². The van der Waals surface area contributed by atoms with E-state index < -0.39 is 15.1 Å². The molecular weight excluding hydrogens is 278 g/mol. The van der Waals surface area contributed by atoms with Crippen LogP contribution in [0, 0.1) is 0 Å². The Morgan fingerprint density at radius 2 is 2.15 bits per heavy atom. The fraction of sp³-hybridized carbons (Fsp3) is 0.692. The molecular formula is C13H21N3O3S. The smallest absolute Gasteiger partial charge is 0.222 e. The van der Waals surface area contributed by atoms with Crippen molar-refractivity contribution in [2.24, 2.45) is 0 Å². The molecule has 6 nitrogen and oxygen atoms in total. The van der Waals surface area contributed by atoms with Gasteiger partial charge in [0.2, 0.25) is 5.91 Å². The SMILES string of the molecule is C[C@@H]1[C@H](C)S(=O)(=O)CCN1C(=O)CCCn1ccnc1. The molecule has 1 aliphatic rings. The van der Waals surface area contributed by atoms with Crippen LogP contribution in [0.25, 0.3) is 0 Å². The third-order valence-corrected chi connectivity index (χ3v) is 6.32. The number of hydrogen-bond donors (Lipinski definition) is 0. The molecule has 0 N–H and O–H groups in total. The van der Waals surface area contributed by atoms with E-state index in [2.05, 4.69) is 4.98 Å². The van der Waals surface area contributed by atoms with E-state index in [-0.39, 0.29) is 17.7 Å². The zero-order valence-electron chi connectivity index (χ0n) is 11.9. The van der Waals surface area contributed by atoms with Crippen LogP contribution in [0.2, 0.25) is 0 Å². The van der Waals surface area contributed by atoms with E-state index in [1.165, 1.54) is 0 Å². The van der Waals surface area contributed by atoms with Crippen LogP contribution in [-0.4, -0.2) is 52.4 Å². The largest absolute Gasteiger partial charge is 0.338 e. The summed E-state index contributed by atoms with van der Waals surface area (Å²) in [6.45, 7) is 4.57. The van der Waals surface area contributed by atoms with Gasteiger partial charge in [-0.05, 0) is 20.3 Å². The molecule has 0 aromatic carbocycles. The highest BCUT2D eigenvalue weighted by molar-refractivity contribution is 7.92. The molecule has 0 aliphatic carbocycles. The van der Waals surface area contributed by atoms with Gasteiger partial charge >= 0.3 is 0 Å². The predicted molar refractivity (Wildman–Crippen MR) is 75.9 cm³/mol. The molecule has 0 spiro atoms. The van der Waals surface area contributed by atoms with Crippen molar-refractivity contribution in [2.45, 2.75) is 44.5 Å². The number of hydrogen-bond acceptors (Lipinski definition) is 4. The van der Waals surface area contributed by atoms with Crippen molar-refractivity contribution in [1.29, 1.82) is 0 Å². The van der Waals surface area contributed by atoms with Crippen LogP contribution < -0.4 is 0 Å². The number of sulfone groups is 1. The minimum Gasteiger partial charge on any atom is -0.338 e. The second-order valence-electron chi connectivity index (χ2n) is 5.30. The number of imidazole rings is 1. The molecule has 20 heavy (non-hydrogen) atoms. The van der Waals surface area contributed by atoms with Crippen LogP contribution in [0.5, 0.6) is 0 Å². The molecule has 1 aliphatic heterocycles. The number of nitrogens with zero attached hydrogens (tertiary/aromatic N) is 3. The first kappa shape index (κ1) is 15.0. The van der Waals surface area contributed by atoms with Crippen molar-refractivity contribution in [3.63, 3.8) is 0 Å². The summed E-state index contributed by atoms with van der Waals surface area (Å²) in [4.78, 5) is 17.9. The van der Waals surface area contributed by atoms with Crippen molar-refractivity contribution in [3.05, 3.63) is 18.7 Å². The highest BCUT2D eigenvalue weighted by atomic mass is 32.2. The second kappa shape index (κ2) is 5.95. The molecule has 1 fully saturated rings. The zero-order valence-corrected chi connectivity index (χ0v) is 12.7. The third kappa shape index (κ3) is 3.20. The Hall–Kier alpha value is -1.37. The average Bonchev–Trinajstić information content (AvgIpc) is 2.89. The molecule has 0 bridgehead atoms. The molecule has 2 heterocycles. The second-order valence-corrected chi connectivity index (χ2v) is 7.78. The van der Waals surface area contributed by atoms with Gasteiger partial charge in [-0.1, -0.05) is 0 Å². The van der Waals surface area contributed by atoms with Gasteiger partial charge in [0.25, 0.3) is 0 Å². The van der Waals surface area contributed by atoms with E-state index in [1.54, 1.807) is 24.3 Å². The highest BCUT2D eigenvalue weighted by Gasteiger charge is 2.37. The van der Waals surface area contributed by atoms with E-state index in [9.17, 15) is 13.2 Å². The molecule has 7 heteroatoms. The highest BCUT2D eigenvalue weighted by Crippen LogP contribution is 2.20. The van der Waals surface area contributed by atoms with Gasteiger partial charge in [-0.3, -0.25) is 4.79 Å². The summed E-state index contributed by atoms with van der Waals surface area (Å²) >= 11 is 0. The molecule has 112 valence electrons. The zero-order chi connectivity index (χ0) is 14.8. The Labute approximate surface area is 119 Å². The van der Waals surface area contributed by atoms with E-state index >= 15 is 0 Å². The van der Waals surface area contributed by atoms with Gasteiger partial charge in [0.05, 0.1) is 17.3 Å². The van der Waals surface area contributed by atoms with Gasteiger partial charge in [0.15, 0.2) is 9.84 Å². The average molecular weight is 299 g/mol. The molecule has 1 aromatic rings. The van der Waals surface area contributed by atoms with Crippen LogP contribution >= 0.6 is 0 Å². The minimum atomic E-state index is -3.04. The Morgan fingerprint density at radius 1 is 1.40 bits per heavy atom. The van der Waals surface area contributed by atoms with Crippen LogP contribution in [0.15, 0.2) is 18.7 Å². The first-order valence-electron chi connectivity index (χ1n) is 6.88. The predicted octanol–water partition coefficient (Wildman–Crippen LogP) is 0.697. The van der Waals surface area contributed by atoms with E-state index in [4.69, 9.17) is 0 Å². The van der Waals surface area contributed by atoms with Crippen LogP contribution in [0.4, 0.5) is 0 Å². The van der Waals surface area contributed by atoms with Crippen molar-refractivity contribution >= 4 is 15.7 Å². The maximum absolute atomic E-state index is 12.2. The number of carbonyl (C=O) groups is 1. The standard InChI is InChI=1S/C13H21N3O3S/c1-11-12(2)20(18,19)9-8-16(11)13(17)4-3-6-15-7-5-14-10-15/h5,7,10-12H,3-4,6,8-9H2,1-2H3/t11-,12+/m1/s1. The molecule has 1 saturated heterocycles. The summed E-state index contributed by atoms with van der Waals surface area (Å²) < 4.78 is 25.5. The number of aromatic nitrogens is 2. The summed E-state index contributed by atoms with van der Waals surface area (Å²) in [5.41, 5.74) is 0. The lowest BCUT2D eigenvalue weighted by Gasteiger charge is -2.37. The fourth-order valence-corrected chi connectivity index (χ4v) is 4.07. The van der Waals surface area contributed by atoms with Crippen molar-refractivity contribution in [1.82, 2.24) is 14.5 Å². The Bertz CT molecular complexity index is 553.